The maximum atomic E-state index is 12.0. The van der Waals surface area contributed by atoms with Gasteiger partial charge in [0.15, 0.2) is 0 Å². The minimum Gasteiger partial charge on any atom is -0.481 e. The molecule has 0 unspecified atom stereocenters. The second-order valence-electron chi connectivity index (χ2n) is 7.11. The Balaban J connectivity index is 2.44. The van der Waals surface area contributed by atoms with E-state index in [1.807, 2.05) is 0 Å². The van der Waals surface area contributed by atoms with Crippen LogP contribution in [0, 0.1) is 22.2 Å². The quantitative estimate of drug-likeness (QED) is 0.792. The standard InChI is InChI=1S/C14H25NO3/c1-12(2,11(17)18)7-8-15-10(16)9-13(3,4)14(9,5)6/h9H,7-8H2,1-6H3,(H,15,16)(H,17,18). The van der Waals surface area contributed by atoms with Crippen molar-refractivity contribution < 1.29 is 14.7 Å². The van der Waals surface area contributed by atoms with E-state index in [0.717, 1.165) is 0 Å². The number of hydrogen-bond donors (Lipinski definition) is 2. The van der Waals surface area contributed by atoms with Crippen molar-refractivity contribution in [2.45, 2.75) is 48.0 Å². The van der Waals surface area contributed by atoms with E-state index in [2.05, 4.69) is 33.0 Å². The molecule has 4 heteroatoms. The number of carbonyl (C=O) groups excluding carboxylic acids is 1. The minimum atomic E-state index is -0.830. The first-order chi connectivity index (χ1) is 7.94. The second-order valence-corrected chi connectivity index (χ2v) is 7.11. The zero-order valence-electron chi connectivity index (χ0n) is 12.3. The van der Waals surface area contributed by atoms with Crippen LogP contribution in [0.5, 0.6) is 0 Å². The first-order valence-corrected chi connectivity index (χ1v) is 6.45. The largest absolute Gasteiger partial charge is 0.481 e. The van der Waals surface area contributed by atoms with E-state index in [-0.39, 0.29) is 22.7 Å². The highest BCUT2D eigenvalue weighted by Gasteiger charge is 2.68. The van der Waals surface area contributed by atoms with E-state index in [1.54, 1.807) is 13.8 Å². The number of hydrogen-bond acceptors (Lipinski definition) is 2. The summed E-state index contributed by atoms with van der Waals surface area (Å²) in [5.41, 5.74) is -0.735. The third kappa shape index (κ3) is 2.38. The van der Waals surface area contributed by atoms with Crippen LogP contribution in [0.25, 0.3) is 0 Å². The summed E-state index contributed by atoms with van der Waals surface area (Å²) in [7, 11) is 0. The Bertz CT molecular complexity index is 355. The third-order valence-electron chi connectivity index (χ3n) is 4.91. The normalized spacial score (nSPS) is 21.4. The Hall–Kier alpha value is -1.06. The molecule has 4 nitrogen and oxygen atoms in total. The number of rotatable bonds is 5. The third-order valence-corrected chi connectivity index (χ3v) is 4.91. The van der Waals surface area contributed by atoms with Crippen LogP contribution >= 0.6 is 0 Å². The zero-order valence-corrected chi connectivity index (χ0v) is 12.3. The monoisotopic (exact) mass is 255 g/mol. The fourth-order valence-electron chi connectivity index (χ4n) is 2.56. The van der Waals surface area contributed by atoms with Gasteiger partial charge in [0.1, 0.15) is 0 Å². The topological polar surface area (TPSA) is 66.4 Å². The molecule has 0 atom stereocenters. The van der Waals surface area contributed by atoms with Crippen molar-refractivity contribution in [1.29, 1.82) is 0 Å². The highest BCUT2D eigenvalue weighted by Crippen LogP contribution is 2.68. The van der Waals surface area contributed by atoms with Gasteiger partial charge in [0.05, 0.1) is 5.41 Å². The molecule has 0 aliphatic heterocycles. The van der Waals surface area contributed by atoms with E-state index in [1.165, 1.54) is 0 Å². The van der Waals surface area contributed by atoms with Crippen LogP contribution in [-0.4, -0.2) is 23.5 Å². The number of amides is 1. The van der Waals surface area contributed by atoms with Gasteiger partial charge in [0, 0.05) is 12.5 Å². The molecule has 1 fully saturated rings. The van der Waals surface area contributed by atoms with Crippen molar-refractivity contribution in [3.63, 3.8) is 0 Å². The van der Waals surface area contributed by atoms with Crippen molar-refractivity contribution >= 4 is 11.9 Å². The van der Waals surface area contributed by atoms with Gasteiger partial charge in [-0.3, -0.25) is 9.59 Å². The Kier molecular flexibility index (Phi) is 3.54. The number of aliphatic carboxylic acids is 1. The molecule has 1 amide bonds. The minimum absolute atomic E-state index is 0.0259. The molecule has 1 rings (SSSR count). The van der Waals surface area contributed by atoms with Gasteiger partial charge in [-0.25, -0.2) is 0 Å². The van der Waals surface area contributed by atoms with Gasteiger partial charge in [0.25, 0.3) is 0 Å². The molecule has 18 heavy (non-hydrogen) atoms. The van der Waals surface area contributed by atoms with Gasteiger partial charge in [-0.1, -0.05) is 27.7 Å². The van der Waals surface area contributed by atoms with Crippen molar-refractivity contribution in [2.75, 3.05) is 6.54 Å². The molecule has 0 radical (unpaired) electrons. The molecule has 0 saturated heterocycles. The molecule has 1 saturated carbocycles. The number of carboxylic acids is 1. The summed E-state index contributed by atoms with van der Waals surface area (Å²) in [4.78, 5) is 23.0. The van der Waals surface area contributed by atoms with Crippen molar-refractivity contribution in [1.82, 2.24) is 5.32 Å². The van der Waals surface area contributed by atoms with Crippen LogP contribution in [0.4, 0.5) is 0 Å². The fraction of sp³-hybridized carbons (Fsp3) is 0.857. The molecule has 0 aromatic rings. The average Bonchev–Trinajstić information content (AvgIpc) is 2.56. The van der Waals surface area contributed by atoms with E-state index >= 15 is 0 Å². The van der Waals surface area contributed by atoms with Gasteiger partial charge in [-0.15, -0.1) is 0 Å². The maximum absolute atomic E-state index is 12.0. The van der Waals surface area contributed by atoms with Gasteiger partial charge < -0.3 is 10.4 Å². The first-order valence-electron chi connectivity index (χ1n) is 6.45. The summed E-state index contributed by atoms with van der Waals surface area (Å²) in [6.45, 7) is 12.1. The van der Waals surface area contributed by atoms with Crippen LogP contribution in [0.3, 0.4) is 0 Å². The summed E-state index contributed by atoms with van der Waals surface area (Å²) in [6.07, 6.45) is 0.446. The Morgan fingerprint density at radius 3 is 1.94 bits per heavy atom. The molecule has 104 valence electrons. The van der Waals surface area contributed by atoms with Crippen molar-refractivity contribution in [3.8, 4) is 0 Å². The number of carbonyl (C=O) groups is 2. The molecule has 0 spiro atoms. The van der Waals surface area contributed by atoms with Crippen LogP contribution in [0.15, 0.2) is 0 Å². The molecule has 0 aromatic carbocycles. The van der Waals surface area contributed by atoms with Crippen LogP contribution in [0.1, 0.15) is 48.0 Å². The molecule has 0 heterocycles. The predicted molar refractivity (Wildman–Crippen MR) is 70.1 cm³/mol. The summed E-state index contributed by atoms with van der Waals surface area (Å²) in [5, 5.41) is 11.8. The van der Waals surface area contributed by atoms with E-state index in [4.69, 9.17) is 5.11 Å². The van der Waals surface area contributed by atoms with Crippen LogP contribution in [0.2, 0.25) is 0 Å². The lowest BCUT2D eigenvalue weighted by atomic mass is 9.89. The molecule has 0 aromatic heterocycles. The Morgan fingerprint density at radius 2 is 1.61 bits per heavy atom. The molecular formula is C14H25NO3. The summed E-state index contributed by atoms with van der Waals surface area (Å²) >= 11 is 0. The molecule has 2 N–H and O–H groups in total. The Morgan fingerprint density at radius 1 is 1.17 bits per heavy atom. The highest BCUT2D eigenvalue weighted by atomic mass is 16.4. The SMILES string of the molecule is CC(C)(CCNC(=O)C1C(C)(C)C1(C)C)C(=O)O. The lowest BCUT2D eigenvalue weighted by Crippen LogP contribution is -2.33. The lowest BCUT2D eigenvalue weighted by molar-refractivity contribution is -0.147. The van der Waals surface area contributed by atoms with E-state index in [0.29, 0.717) is 13.0 Å². The van der Waals surface area contributed by atoms with E-state index in [9.17, 15) is 9.59 Å². The zero-order chi connectivity index (χ0) is 14.4. The van der Waals surface area contributed by atoms with Gasteiger partial charge in [-0.05, 0) is 31.1 Å². The smallest absolute Gasteiger partial charge is 0.309 e. The molecular weight excluding hydrogens is 230 g/mol. The predicted octanol–water partition coefficient (Wildman–Crippen LogP) is 2.29. The highest BCUT2D eigenvalue weighted by molar-refractivity contribution is 5.84. The first kappa shape index (κ1) is 15.0. The van der Waals surface area contributed by atoms with Crippen molar-refractivity contribution in [2.24, 2.45) is 22.2 Å². The van der Waals surface area contributed by atoms with Gasteiger partial charge in [-0.2, -0.15) is 0 Å². The molecule has 0 bridgehead atoms. The number of nitrogens with one attached hydrogen (secondary N) is 1. The second kappa shape index (κ2) is 4.25. The van der Waals surface area contributed by atoms with Crippen molar-refractivity contribution in [3.05, 3.63) is 0 Å². The fourth-order valence-corrected chi connectivity index (χ4v) is 2.56. The molecule has 1 aliphatic rings. The Labute approximate surface area is 109 Å². The van der Waals surface area contributed by atoms with E-state index < -0.39 is 11.4 Å². The van der Waals surface area contributed by atoms with Crippen LogP contribution in [-0.2, 0) is 9.59 Å². The van der Waals surface area contributed by atoms with Crippen LogP contribution < -0.4 is 5.32 Å². The summed E-state index contributed by atoms with van der Waals surface area (Å²) < 4.78 is 0. The number of carboxylic acid groups (broad SMARTS) is 1. The average molecular weight is 255 g/mol. The summed E-state index contributed by atoms with van der Waals surface area (Å²) in [5.74, 6) is -0.757. The van der Waals surface area contributed by atoms with Gasteiger partial charge in [0.2, 0.25) is 5.91 Å². The maximum Gasteiger partial charge on any atom is 0.309 e. The molecule has 1 aliphatic carbocycles. The lowest BCUT2D eigenvalue weighted by Gasteiger charge is -2.19. The van der Waals surface area contributed by atoms with Gasteiger partial charge >= 0.3 is 5.97 Å². The summed E-state index contributed by atoms with van der Waals surface area (Å²) in [6, 6.07) is 0.